The van der Waals surface area contributed by atoms with Crippen molar-refractivity contribution >= 4 is 29.8 Å². The van der Waals surface area contributed by atoms with E-state index in [1.54, 1.807) is 59.7 Å². The Kier molecular flexibility index (Phi) is 10.8. The standard InChI is InChI=1S/C24H34N2O9/c1-23(2,3)33-18(27)13-16(26-35-21(30)15-11-9-8-10-12-15)20(29)25-17(22(31)32-7)14-19(28)34-24(4,5)6/h8-12,16-17,26H,13-14H2,1-7H3,(H,25,29). The van der Waals surface area contributed by atoms with Gasteiger partial charge in [0.25, 0.3) is 0 Å². The number of hydrogen-bond donors (Lipinski definition) is 2. The monoisotopic (exact) mass is 494 g/mol. The molecule has 35 heavy (non-hydrogen) atoms. The molecule has 1 aromatic rings. The van der Waals surface area contributed by atoms with Crippen molar-refractivity contribution in [2.45, 2.75) is 77.7 Å². The number of benzene rings is 1. The fraction of sp³-hybridized carbons (Fsp3) is 0.542. The second-order valence-corrected chi connectivity index (χ2v) is 9.59. The lowest BCUT2D eigenvalue weighted by molar-refractivity contribution is -0.160. The van der Waals surface area contributed by atoms with Gasteiger partial charge in [0, 0.05) is 0 Å². The lowest BCUT2D eigenvalue weighted by atomic mass is 10.1. The zero-order valence-electron chi connectivity index (χ0n) is 21.1. The van der Waals surface area contributed by atoms with Gasteiger partial charge in [-0.2, -0.15) is 0 Å². The Morgan fingerprint density at radius 3 is 1.74 bits per heavy atom. The van der Waals surface area contributed by atoms with Crippen LogP contribution >= 0.6 is 0 Å². The summed E-state index contributed by atoms with van der Waals surface area (Å²) in [4.78, 5) is 67.0. The summed E-state index contributed by atoms with van der Waals surface area (Å²) in [6, 6.07) is 5.11. The van der Waals surface area contributed by atoms with Crippen LogP contribution in [0.2, 0.25) is 0 Å². The molecule has 0 fully saturated rings. The van der Waals surface area contributed by atoms with Gasteiger partial charge in [-0.25, -0.2) is 9.59 Å². The first-order valence-corrected chi connectivity index (χ1v) is 10.9. The van der Waals surface area contributed by atoms with E-state index in [9.17, 15) is 24.0 Å². The smallest absolute Gasteiger partial charge is 0.356 e. The number of ether oxygens (including phenoxy) is 3. The molecule has 0 aliphatic heterocycles. The van der Waals surface area contributed by atoms with Crippen LogP contribution in [0.3, 0.4) is 0 Å². The molecule has 0 aliphatic carbocycles. The van der Waals surface area contributed by atoms with E-state index in [-0.39, 0.29) is 5.56 Å². The number of nitrogens with one attached hydrogen (secondary N) is 2. The van der Waals surface area contributed by atoms with Crippen LogP contribution < -0.4 is 10.8 Å². The molecule has 11 heteroatoms. The molecule has 0 aliphatic rings. The van der Waals surface area contributed by atoms with Crippen LogP contribution in [0.4, 0.5) is 0 Å². The van der Waals surface area contributed by atoms with E-state index in [4.69, 9.17) is 14.3 Å². The molecule has 0 radical (unpaired) electrons. The Hall–Kier alpha value is -3.47. The highest BCUT2D eigenvalue weighted by Gasteiger charge is 2.33. The van der Waals surface area contributed by atoms with Crippen LogP contribution in [0.15, 0.2) is 30.3 Å². The van der Waals surface area contributed by atoms with Crippen LogP contribution in [0.5, 0.6) is 0 Å². The summed E-state index contributed by atoms with van der Waals surface area (Å²) in [6.07, 6.45) is -1.05. The molecule has 1 aromatic carbocycles. The van der Waals surface area contributed by atoms with Crippen molar-refractivity contribution in [3.05, 3.63) is 35.9 Å². The number of carbonyl (C=O) groups excluding carboxylic acids is 5. The Bertz CT molecular complexity index is 902. The molecule has 1 rings (SSSR count). The van der Waals surface area contributed by atoms with Gasteiger partial charge < -0.3 is 24.4 Å². The molecule has 0 spiro atoms. The fourth-order valence-corrected chi connectivity index (χ4v) is 2.65. The highest BCUT2D eigenvalue weighted by molar-refractivity contribution is 5.93. The van der Waals surface area contributed by atoms with Crippen molar-refractivity contribution in [2.24, 2.45) is 0 Å². The van der Waals surface area contributed by atoms with Crippen molar-refractivity contribution < 1.29 is 43.0 Å². The third-order valence-electron chi connectivity index (χ3n) is 4.00. The fourth-order valence-electron chi connectivity index (χ4n) is 2.65. The third kappa shape index (κ3) is 12.0. The minimum absolute atomic E-state index is 0.203. The van der Waals surface area contributed by atoms with Gasteiger partial charge in [-0.15, -0.1) is 5.48 Å². The summed E-state index contributed by atoms with van der Waals surface area (Å²) >= 11 is 0. The average Bonchev–Trinajstić information content (AvgIpc) is 2.73. The Labute approximate surface area is 204 Å². The van der Waals surface area contributed by atoms with Crippen molar-refractivity contribution in [1.29, 1.82) is 0 Å². The van der Waals surface area contributed by atoms with Gasteiger partial charge in [-0.05, 0) is 53.7 Å². The van der Waals surface area contributed by atoms with Crippen LogP contribution in [0.25, 0.3) is 0 Å². The van der Waals surface area contributed by atoms with Crippen molar-refractivity contribution in [3.8, 4) is 0 Å². The number of hydroxylamine groups is 1. The molecular formula is C24H34N2O9. The van der Waals surface area contributed by atoms with Crippen LogP contribution in [-0.2, 0) is 38.2 Å². The van der Waals surface area contributed by atoms with Crippen LogP contribution in [-0.4, -0.2) is 60.2 Å². The second kappa shape index (κ2) is 12.8. The zero-order valence-corrected chi connectivity index (χ0v) is 21.1. The Balaban J connectivity index is 3.00. The normalized spacial score (nSPS) is 13.1. The lowest BCUT2D eigenvalue weighted by Gasteiger charge is -2.24. The molecule has 0 bridgehead atoms. The number of carbonyl (C=O) groups is 5. The number of methoxy groups -OCH3 is 1. The summed E-state index contributed by atoms with van der Waals surface area (Å²) < 4.78 is 15.1. The maximum atomic E-state index is 13.0. The average molecular weight is 495 g/mol. The first-order valence-electron chi connectivity index (χ1n) is 10.9. The maximum Gasteiger partial charge on any atom is 0.356 e. The number of hydrogen-bond acceptors (Lipinski definition) is 10. The second-order valence-electron chi connectivity index (χ2n) is 9.59. The van der Waals surface area contributed by atoms with Gasteiger partial charge in [0.2, 0.25) is 5.91 Å². The molecule has 0 saturated heterocycles. The Morgan fingerprint density at radius 2 is 1.29 bits per heavy atom. The van der Waals surface area contributed by atoms with Crippen molar-refractivity contribution in [2.75, 3.05) is 7.11 Å². The quantitative estimate of drug-likeness (QED) is 0.281. The number of rotatable bonds is 10. The first kappa shape index (κ1) is 29.6. The summed E-state index contributed by atoms with van der Waals surface area (Å²) in [6.45, 7) is 9.90. The van der Waals surface area contributed by atoms with Gasteiger partial charge in [0.05, 0.1) is 25.5 Å². The van der Waals surface area contributed by atoms with Crippen LogP contribution in [0.1, 0.15) is 64.7 Å². The highest BCUT2D eigenvalue weighted by Crippen LogP contribution is 2.12. The predicted molar refractivity (Wildman–Crippen MR) is 124 cm³/mol. The minimum atomic E-state index is -1.44. The molecule has 1 amide bonds. The van der Waals surface area contributed by atoms with Gasteiger partial charge in [-0.3, -0.25) is 14.4 Å². The predicted octanol–water partition coefficient (Wildman–Crippen LogP) is 1.84. The molecule has 0 heterocycles. The summed E-state index contributed by atoms with van der Waals surface area (Å²) in [7, 11) is 1.09. The molecule has 2 unspecified atom stereocenters. The summed E-state index contributed by atoms with van der Waals surface area (Å²) in [5.74, 6) is -4.12. The Morgan fingerprint density at radius 1 is 0.800 bits per heavy atom. The van der Waals surface area contributed by atoms with E-state index in [1.165, 1.54) is 12.1 Å². The van der Waals surface area contributed by atoms with E-state index < -0.39 is 65.9 Å². The summed E-state index contributed by atoms with van der Waals surface area (Å²) in [5.41, 5.74) is 0.820. The van der Waals surface area contributed by atoms with E-state index in [2.05, 4.69) is 15.5 Å². The largest absolute Gasteiger partial charge is 0.467 e. The van der Waals surface area contributed by atoms with Crippen molar-refractivity contribution in [3.63, 3.8) is 0 Å². The lowest BCUT2D eigenvalue weighted by Crippen LogP contribution is -2.52. The topological polar surface area (TPSA) is 146 Å². The van der Waals surface area contributed by atoms with E-state index in [1.807, 2.05) is 0 Å². The van der Waals surface area contributed by atoms with Gasteiger partial charge in [0.15, 0.2) is 0 Å². The molecular weight excluding hydrogens is 460 g/mol. The van der Waals surface area contributed by atoms with Gasteiger partial charge in [-0.1, -0.05) is 18.2 Å². The molecule has 0 aromatic heterocycles. The van der Waals surface area contributed by atoms with Crippen LogP contribution in [0, 0.1) is 0 Å². The highest BCUT2D eigenvalue weighted by atomic mass is 16.7. The zero-order chi connectivity index (χ0) is 26.8. The van der Waals surface area contributed by atoms with E-state index in [0.717, 1.165) is 7.11 Å². The molecule has 11 nitrogen and oxygen atoms in total. The van der Waals surface area contributed by atoms with E-state index in [0.29, 0.717) is 0 Å². The SMILES string of the molecule is COC(=O)C(CC(=O)OC(C)(C)C)NC(=O)C(CC(=O)OC(C)(C)C)NOC(=O)c1ccccc1. The molecule has 2 N–H and O–H groups in total. The number of amides is 1. The van der Waals surface area contributed by atoms with Gasteiger partial charge >= 0.3 is 23.9 Å². The van der Waals surface area contributed by atoms with E-state index >= 15 is 0 Å². The molecule has 194 valence electrons. The number of esters is 3. The maximum absolute atomic E-state index is 13.0. The van der Waals surface area contributed by atoms with Crippen molar-refractivity contribution in [1.82, 2.24) is 10.8 Å². The first-order chi connectivity index (χ1) is 16.1. The van der Waals surface area contributed by atoms with Gasteiger partial charge in [0.1, 0.15) is 23.3 Å². The summed E-state index contributed by atoms with van der Waals surface area (Å²) in [5, 5.41) is 2.34. The molecule has 0 saturated carbocycles. The minimum Gasteiger partial charge on any atom is -0.467 e. The molecule has 2 atom stereocenters. The third-order valence-corrected chi connectivity index (χ3v) is 4.00.